The van der Waals surface area contributed by atoms with Gasteiger partial charge in [0.2, 0.25) is 0 Å². The van der Waals surface area contributed by atoms with Crippen molar-refractivity contribution in [3.8, 4) is 0 Å². The normalized spacial score (nSPS) is 34.5. The number of hydrogen-bond acceptors (Lipinski definition) is 5. The van der Waals surface area contributed by atoms with Crippen LogP contribution >= 0.6 is 0 Å². The Kier molecular flexibility index (Phi) is 3.02. The van der Waals surface area contributed by atoms with Crippen molar-refractivity contribution in [2.45, 2.75) is 37.9 Å². The molecule has 13 heavy (non-hydrogen) atoms. The monoisotopic (exact) mass is 190 g/mol. The first-order valence-corrected chi connectivity index (χ1v) is 4.10. The van der Waals surface area contributed by atoms with E-state index in [-0.39, 0.29) is 0 Å². The molecule has 5 heteroatoms. The van der Waals surface area contributed by atoms with Crippen LogP contribution in [0, 0.1) is 0 Å². The van der Waals surface area contributed by atoms with Gasteiger partial charge in [-0.05, 0) is 13.8 Å². The van der Waals surface area contributed by atoms with E-state index in [1.54, 1.807) is 13.8 Å². The number of aliphatic hydroxyl groups is 2. The van der Waals surface area contributed by atoms with Crippen molar-refractivity contribution < 1.29 is 24.5 Å². The molecule has 1 aliphatic heterocycles. The van der Waals surface area contributed by atoms with E-state index in [9.17, 15) is 9.90 Å². The van der Waals surface area contributed by atoms with Gasteiger partial charge in [0, 0.05) is 0 Å². The maximum Gasteiger partial charge on any atom is 0.164 e. The molecule has 0 unspecified atom stereocenters. The van der Waals surface area contributed by atoms with Crippen LogP contribution in [0.25, 0.3) is 0 Å². The predicted octanol–water partition coefficient (Wildman–Crippen LogP) is -0.941. The van der Waals surface area contributed by atoms with Gasteiger partial charge in [-0.1, -0.05) is 0 Å². The lowest BCUT2D eigenvalue weighted by Crippen LogP contribution is -2.38. The third-order valence-corrected chi connectivity index (χ3v) is 1.86. The Morgan fingerprint density at radius 1 is 1.54 bits per heavy atom. The predicted molar refractivity (Wildman–Crippen MR) is 43.0 cm³/mol. The van der Waals surface area contributed by atoms with Gasteiger partial charge in [0.1, 0.15) is 18.3 Å². The molecule has 0 radical (unpaired) electrons. The Balaban J connectivity index is 2.68. The third kappa shape index (κ3) is 2.25. The van der Waals surface area contributed by atoms with Gasteiger partial charge in [-0.2, -0.15) is 0 Å². The number of carbonyl (C=O) groups is 1. The molecule has 3 atom stereocenters. The second-order valence-electron chi connectivity index (χ2n) is 3.45. The zero-order chi connectivity index (χ0) is 10.1. The summed E-state index contributed by atoms with van der Waals surface area (Å²) < 4.78 is 10.4. The summed E-state index contributed by atoms with van der Waals surface area (Å²) >= 11 is 0. The van der Waals surface area contributed by atoms with E-state index in [4.69, 9.17) is 14.6 Å². The van der Waals surface area contributed by atoms with E-state index in [1.807, 2.05) is 0 Å². The van der Waals surface area contributed by atoms with Crippen LogP contribution in [0.15, 0.2) is 0 Å². The molecular formula is C8H14O5. The summed E-state index contributed by atoms with van der Waals surface area (Å²) in [5, 5.41) is 18.0. The van der Waals surface area contributed by atoms with Crippen molar-refractivity contribution in [1.82, 2.24) is 0 Å². The van der Waals surface area contributed by atoms with Crippen molar-refractivity contribution in [2.75, 3.05) is 6.61 Å². The first kappa shape index (κ1) is 10.6. The van der Waals surface area contributed by atoms with Crippen molar-refractivity contribution in [3.05, 3.63) is 0 Å². The lowest BCUT2D eigenvalue weighted by molar-refractivity contribution is -0.158. The summed E-state index contributed by atoms with van der Waals surface area (Å²) in [6, 6.07) is 0. The Morgan fingerprint density at radius 3 is 2.62 bits per heavy atom. The molecule has 0 bridgehead atoms. The van der Waals surface area contributed by atoms with E-state index in [1.165, 1.54) is 0 Å². The fourth-order valence-corrected chi connectivity index (χ4v) is 1.32. The molecule has 0 saturated carbocycles. The van der Waals surface area contributed by atoms with Crippen molar-refractivity contribution >= 4 is 6.29 Å². The maximum atomic E-state index is 10.5. The van der Waals surface area contributed by atoms with Crippen molar-refractivity contribution in [1.29, 1.82) is 0 Å². The molecule has 0 aromatic rings. The minimum atomic E-state index is -1.09. The molecule has 1 heterocycles. The summed E-state index contributed by atoms with van der Waals surface area (Å²) in [5.41, 5.74) is 0. The Hall–Kier alpha value is -0.490. The quantitative estimate of drug-likeness (QED) is 0.562. The highest BCUT2D eigenvalue weighted by molar-refractivity contribution is 5.58. The molecular weight excluding hydrogens is 176 g/mol. The Bertz CT molecular complexity index is 191. The van der Waals surface area contributed by atoms with Crippen LogP contribution in [-0.2, 0) is 14.3 Å². The summed E-state index contributed by atoms with van der Waals surface area (Å²) in [4.78, 5) is 10.5. The first-order valence-electron chi connectivity index (χ1n) is 4.10. The number of hydrogen-bond donors (Lipinski definition) is 2. The molecule has 2 N–H and O–H groups in total. The van der Waals surface area contributed by atoms with E-state index in [0.717, 1.165) is 0 Å². The lowest BCUT2D eigenvalue weighted by Gasteiger charge is -2.19. The highest BCUT2D eigenvalue weighted by atomic mass is 16.8. The Morgan fingerprint density at radius 2 is 2.15 bits per heavy atom. The van der Waals surface area contributed by atoms with Crippen molar-refractivity contribution in [2.24, 2.45) is 0 Å². The van der Waals surface area contributed by atoms with Gasteiger partial charge in [0.05, 0.1) is 6.61 Å². The van der Waals surface area contributed by atoms with Crippen LogP contribution in [0.5, 0.6) is 0 Å². The van der Waals surface area contributed by atoms with E-state index in [0.29, 0.717) is 6.29 Å². The zero-order valence-electron chi connectivity index (χ0n) is 7.64. The van der Waals surface area contributed by atoms with Crippen LogP contribution in [0.2, 0.25) is 0 Å². The largest absolute Gasteiger partial charge is 0.394 e. The summed E-state index contributed by atoms with van der Waals surface area (Å²) in [6.45, 7) is 2.84. The number of aldehydes is 1. The molecule has 1 fully saturated rings. The summed E-state index contributed by atoms with van der Waals surface area (Å²) in [6.07, 6.45) is -2.11. The Labute approximate surface area is 76.3 Å². The molecule has 0 aromatic heterocycles. The molecule has 0 spiro atoms. The second kappa shape index (κ2) is 3.71. The average molecular weight is 190 g/mol. The van der Waals surface area contributed by atoms with Crippen LogP contribution in [-0.4, -0.2) is 47.2 Å². The van der Waals surface area contributed by atoms with Gasteiger partial charge in [0.25, 0.3) is 0 Å². The van der Waals surface area contributed by atoms with Crippen LogP contribution in [0.4, 0.5) is 0 Å². The standard InChI is InChI=1S/C8H14O5/c1-8(2)12-6(4-10)7(13-8)5(11)3-9/h4-7,9,11H,3H2,1-2H3/t5-,6+,7-/m0/s1. The summed E-state index contributed by atoms with van der Waals surface area (Å²) in [7, 11) is 0. The second-order valence-corrected chi connectivity index (χ2v) is 3.45. The molecule has 1 rings (SSSR count). The van der Waals surface area contributed by atoms with Gasteiger partial charge in [-0.15, -0.1) is 0 Å². The fraction of sp³-hybridized carbons (Fsp3) is 0.875. The zero-order valence-corrected chi connectivity index (χ0v) is 7.64. The van der Waals surface area contributed by atoms with Gasteiger partial charge in [0.15, 0.2) is 12.1 Å². The molecule has 1 aliphatic rings. The van der Waals surface area contributed by atoms with Crippen LogP contribution in [0.3, 0.4) is 0 Å². The minimum absolute atomic E-state index is 0.450. The fourth-order valence-electron chi connectivity index (χ4n) is 1.32. The molecule has 76 valence electrons. The lowest BCUT2D eigenvalue weighted by atomic mass is 10.1. The maximum absolute atomic E-state index is 10.5. The van der Waals surface area contributed by atoms with Crippen LogP contribution in [0.1, 0.15) is 13.8 Å². The van der Waals surface area contributed by atoms with Crippen molar-refractivity contribution in [3.63, 3.8) is 0 Å². The van der Waals surface area contributed by atoms with E-state index < -0.39 is 30.7 Å². The van der Waals surface area contributed by atoms with E-state index >= 15 is 0 Å². The molecule has 1 saturated heterocycles. The highest BCUT2D eigenvalue weighted by Gasteiger charge is 2.44. The molecule has 0 amide bonds. The number of carbonyl (C=O) groups excluding carboxylic acids is 1. The third-order valence-electron chi connectivity index (χ3n) is 1.86. The average Bonchev–Trinajstić information content (AvgIpc) is 2.39. The molecule has 0 aliphatic carbocycles. The molecule has 5 nitrogen and oxygen atoms in total. The van der Waals surface area contributed by atoms with Gasteiger partial charge < -0.3 is 24.5 Å². The summed E-state index contributed by atoms with van der Waals surface area (Å²) in [5.74, 6) is -0.883. The smallest absolute Gasteiger partial charge is 0.164 e. The van der Waals surface area contributed by atoms with Gasteiger partial charge in [-0.25, -0.2) is 0 Å². The topological polar surface area (TPSA) is 76.0 Å². The van der Waals surface area contributed by atoms with Crippen LogP contribution < -0.4 is 0 Å². The van der Waals surface area contributed by atoms with Gasteiger partial charge >= 0.3 is 0 Å². The highest BCUT2D eigenvalue weighted by Crippen LogP contribution is 2.28. The van der Waals surface area contributed by atoms with Gasteiger partial charge in [-0.3, -0.25) is 0 Å². The number of aliphatic hydroxyl groups excluding tert-OH is 2. The molecule has 0 aromatic carbocycles. The SMILES string of the molecule is CC1(C)O[C@@H]([C@@H](O)CO)[C@@H](C=O)O1. The first-order chi connectivity index (χ1) is 6.00. The number of ether oxygens (including phenoxy) is 2. The number of rotatable bonds is 3. The minimum Gasteiger partial charge on any atom is -0.394 e. The van der Waals surface area contributed by atoms with E-state index in [2.05, 4.69) is 0 Å².